The van der Waals surface area contributed by atoms with E-state index in [1.165, 1.54) is 38.5 Å². The molecule has 3 atom stereocenters. The molecular weight excluding hydrogens is 204 g/mol. The van der Waals surface area contributed by atoms with Crippen molar-refractivity contribution < 1.29 is 0 Å². The van der Waals surface area contributed by atoms with E-state index in [0.717, 1.165) is 11.8 Å². The summed E-state index contributed by atoms with van der Waals surface area (Å²) in [6.45, 7) is 9.44. The molecule has 0 saturated heterocycles. The Morgan fingerprint density at radius 1 is 1.06 bits per heavy atom. The second-order valence-corrected chi connectivity index (χ2v) is 6.08. The van der Waals surface area contributed by atoms with Gasteiger partial charge in [0.25, 0.3) is 0 Å². The molecule has 0 aromatic heterocycles. The third-order valence-electron chi connectivity index (χ3n) is 4.64. The molecule has 2 aliphatic carbocycles. The van der Waals surface area contributed by atoms with Crippen LogP contribution in [0.4, 0.5) is 0 Å². The number of hydrogen-bond donors (Lipinski definition) is 0. The predicted molar refractivity (Wildman–Crippen MR) is 74.7 cm³/mol. The quantitative estimate of drug-likeness (QED) is 0.615. The average molecular weight is 231 g/mol. The lowest BCUT2D eigenvalue weighted by Crippen LogP contribution is -2.18. The lowest BCUT2D eigenvalue weighted by Gasteiger charge is -2.30. The first-order valence-electron chi connectivity index (χ1n) is 7.52. The Balaban J connectivity index is 2.23. The van der Waals surface area contributed by atoms with Gasteiger partial charge in [-0.1, -0.05) is 46.1 Å². The van der Waals surface area contributed by atoms with Gasteiger partial charge in [0.2, 0.25) is 0 Å². The standard InChI is InChI=1S/C17H27/c1-5-7-14-11-15(8-6-2)17-10-13(4)12(3)9-16(14)17/h12-14H,5-10H2,1-4H3. The summed E-state index contributed by atoms with van der Waals surface area (Å²) in [6.07, 6.45) is 11.6. The van der Waals surface area contributed by atoms with Crippen LogP contribution >= 0.6 is 0 Å². The van der Waals surface area contributed by atoms with Gasteiger partial charge in [-0.2, -0.15) is 0 Å². The number of hydrogen-bond acceptors (Lipinski definition) is 0. The molecule has 3 unspecified atom stereocenters. The molecule has 2 aliphatic rings. The zero-order valence-electron chi connectivity index (χ0n) is 12.0. The molecule has 0 aromatic rings. The molecule has 0 bridgehead atoms. The molecule has 0 fully saturated rings. The van der Waals surface area contributed by atoms with Crippen LogP contribution in [0.5, 0.6) is 0 Å². The maximum Gasteiger partial charge on any atom is 0.00599 e. The maximum atomic E-state index is 3.82. The summed E-state index contributed by atoms with van der Waals surface area (Å²) in [7, 11) is 0. The summed E-state index contributed by atoms with van der Waals surface area (Å²) in [6, 6.07) is 0. The number of allylic oxidation sites excluding steroid dienone is 4. The van der Waals surface area contributed by atoms with Gasteiger partial charge < -0.3 is 0 Å². The SMILES string of the molecule is CCCC1=[C]C(CCC)C2=C1CC(C)C(C)C2. The second-order valence-electron chi connectivity index (χ2n) is 6.08. The third-order valence-corrected chi connectivity index (χ3v) is 4.64. The zero-order chi connectivity index (χ0) is 12.4. The lowest BCUT2D eigenvalue weighted by atomic mass is 9.75. The van der Waals surface area contributed by atoms with Gasteiger partial charge in [-0.05, 0) is 54.7 Å². The minimum Gasteiger partial charge on any atom is -0.0653 e. The van der Waals surface area contributed by atoms with Gasteiger partial charge >= 0.3 is 0 Å². The van der Waals surface area contributed by atoms with Crippen molar-refractivity contribution in [1.82, 2.24) is 0 Å². The summed E-state index contributed by atoms with van der Waals surface area (Å²) in [5.41, 5.74) is 5.07. The third kappa shape index (κ3) is 2.51. The van der Waals surface area contributed by atoms with Crippen LogP contribution in [0, 0.1) is 23.8 Å². The van der Waals surface area contributed by atoms with Crippen molar-refractivity contribution in [3.63, 3.8) is 0 Å². The highest BCUT2D eigenvalue weighted by Crippen LogP contribution is 2.46. The van der Waals surface area contributed by atoms with Crippen LogP contribution in [0.3, 0.4) is 0 Å². The summed E-state index contributed by atoms with van der Waals surface area (Å²) >= 11 is 0. The summed E-state index contributed by atoms with van der Waals surface area (Å²) < 4.78 is 0. The largest absolute Gasteiger partial charge is 0.0653 e. The summed E-state index contributed by atoms with van der Waals surface area (Å²) in [5.74, 6) is 2.41. The highest BCUT2D eigenvalue weighted by molar-refractivity contribution is 5.44. The van der Waals surface area contributed by atoms with Gasteiger partial charge in [-0.3, -0.25) is 0 Å². The van der Waals surface area contributed by atoms with E-state index < -0.39 is 0 Å². The highest BCUT2D eigenvalue weighted by Gasteiger charge is 2.32. The van der Waals surface area contributed by atoms with E-state index in [2.05, 4.69) is 33.8 Å². The van der Waals surface area contributed by atoms with E-state index >= 15 is 0 Å². The Morgan fingerprint density at radius 2 is 1.76 bits per heavy atom. The zero-order valence-corrected chi connectivity index (χ0v) is 12.0. The molecule has 0 amide bonds. The first-order chi connectivity index (χ1) is 8.17. The van der Waals surface area contributed by atoms with Crippen molar-refractivity contribution in [2.75, 3.05) is 0 Å². The van der Waals surface area contributed by atoms with Crippen LogP contribution in [0.1, 0.15) is 66.2 Å². The van der Waals surface area contributed by atoms with Gasteiger partial charge in [-0.25, -0.2) is 0 Å². The van der Waals surface area contributed by atoms with Crippen LogP contribution in [0.2, 0.25) is 0 Å². The molecule has 1 radical (unpaired) electrons. The van der Waals surface area contributed by atoms with Gasteiger partial charge in [0.15, 0.2) is 0 Å². The van der Waals surface area contributed by atoms with Crippen molar-refractivity contribution in [1.29, 1.82) is 0 Å². The van der Waals surface area contributed by atoms with Crippen LogP contribution in [0.25, 0.3) is 0 Å². The first-order valence-corrected chi connectivity index (χ1v) is 7.52. The van der Waals surface area contributed by atoms with Crippen LogP contribution in [0.15, 0.2) is 16.7 Å². The van der Waals surface area contributed by atoms with E-state index in [-0.39, 0.29) is 0 Å². The maximum absolute atomic E-state index is 3.82. The molecule has 2 rings (SSSR count). The molecule has 0 spiro atoms. The summed E-state index contributed by atoms with van der Waals surface area (Å²) in [5, 5.41) is 0. The highest BCUT2D eigenvalue weighted by atomic mass is 14.4. The lowest BCUT2D eigenvalue weighted by molar-refractivity contribution is 0.350. The van der Waals surface area contributed by atoms with E-state index in [9.17, 15) is 0 Å². The molecule has 95 valence electrons. The molecule has 0 aromatic carbocycles. The van der Waals surface area contributed by atoms with Crippen molar-refractivity contribution in [2.45, 2.75) is 66.2 Å². The van der Waals surface area contributed by atoms with Crippen molar-refractivity contribution in [3.05, 3.63) is 22.8 Å². The fourth-order valence-electron chi connectivity index (χ4n) is 3.39. The van der Waals surface area contributed by atoms with E-state index in [4.69, 9.17) is 0 Å². The van der Waals surface area contributed by atoms with Gasteiger partial charge in [-0.15, -0.1) is 0 Å². The molecule has 0 aliphatic heterocycles. The van der Waals surface area contributed by atoms with Gasteiger partial charge in [0.1, 0.15) is 0 Å². The van der Waals surface area contributed by atoms with E-state index in [0.29, 0.717) is 5.92 Å². The Bertz CT molecular complexity index is 332. The minimum atomic E-state index is 0.673. The molecule has 17 heavy (non-hydrogen) atoms. The van der Waals surface area contributed by atoms with Crippen molar-refractivity contribution in [2.24, 2.45) is 17.8 Å². The van der Waals surface area contributed by atoms with Gasteiger partial charge in [0.05, 0.1) is 0 Å². The second kappa shape index (κ2) is 5.42. The topological polar surface area (TPSA) is 0 Å². The Morgan fingerprint density at radius 3 is 2.41 bits per heavy atom. The molecule has 0 nitrogen and oxygen atoms in total. The average Bonchev–Trinajstić information content (AvgIpc) is 2.60. The molecular formula is C17H27. The minimum absolute atomic E-state index is 0.673. The fraction of sp³-hybridized carbons (Fsp3) is 0.765. The van der Waals surface area contributed by atoms with Gasteiger partial charge in [0, 0.05) is 5.92 Å². The van der Waals surface area contributed by atoms with Crippen LogP contribution in [-0.2, 0) is 0 Å². The molecule has 0 heteroatoms. The van der Waals surface area contributed by atoms with Crippen LogP contribution < -0.4 is 0 Å². The normalized spacial score (nSPS) is 32.7. The van der Waals surface area contributed by atoms with E-state index in [1.807, 2.05) is 0 Å². The molecule has 0 heterocycles. The predicted octanol–water partition coefficient (Wildman–Crippen LogP) is 5.31. The Hall–Kier alpha value is -0.520. The van der Waals surface area contributed by atoms with Crippen molar-refractivity contribution in [3.8, 4) is 0 Å². The van der Waals surface area contributed by atoms with E-state index in [1.54, 1.807) is 16.7 Å². The Kier molecular flexibility index (Phi) is 4.12. The monoisotopic (exact) mass is 231 g/mol. The molecule has 0 saturated carbocycles. The smallest absolute Gasteiger partial charge is 0.00599 e. The first kappa shape index (κ1) is 12.9. The summed E-state index contributed by atoms with van der Waals surface area (Å²) in [4.78, 5) is 0. The number of rotatable bonds is 4. The molecule has 0 N–H and O–H groups in total. The van der Waals surface area contributed by atoms with Crippen molar-refractivity contribution >= 4 is 0 Å². The van der Waals surface area contributed by atoms with Crippen LogP contribution in [-0.4, -0.2) is 0 Å². The fourth-order valence-corrected chi connectivity index (χ4v) is 3.39. The Labute approximate surface area is 107 Å².